The maximum atomic E-state index is 12.5. The summed E-state index contributed by atoms with van der Waals surface area (Å²) >= 11 is 1.02. The molecule has 1 saturated heterocycles. The fourth-order valence-electron chi connectivity index (χ4n) is 3.03. The number of carboxylic acids is 1. The lowest BCUT2D eigenvalue weighted by atomic mass is 10.1. The smallest absolute Gasteiger partial charge is 0.352 e. The van der Waals surface area contributed by atoms with Crippen LogP contribution in [0.1, 0.15) is 5.56 Å². The Balaban J connectivity index is 1.74. The van der Waals surface area contributed by atoms with Gasteiger partial charge in [-0.2, -0.15) is 0 Å². The molecule has 2 aliphatic rings. The number of ether oxygens (including phenoxy) is 3. The number of β-lactam (4-membered cyclic amide) rings is 1. The summed E-state index contributed by atoms with van der Waals surface area (Å²) in [6.07, 6.45) is -0.206. The van der Waals surface area contributed by atoms with Gasteiger partial charge in [0.25, 0.3) is 25.3 Å². The fourth-order valence-corrected chi connectivity index (χ4v) is 4.40. The van der Waals surface area contributed by atoms with E-state index in [0.717, 1.165) is 16.7 Å². The molecule has 0 radical (unpaired) electrons. The summed E-state index contributed by atoms with van der Waals surface area (Å²) in [5, 5.41) is 10.3. The zero-order valence-corrected chi connectivity index (χ0v) is 16.3. The highest BCUT2D eigenvalue weighted by Crippen LogP contribution is 2.41. The van der Waals surface area contributed by atoms with Crippen molar-refractivity contribution in [2.75, 3.05) is 0 Å². The Morgan fingerprint density at radius 2 is 1.90 bits per heavy atom. The number of rotatable bonds is 10. The largest absolute Gasteiger partial charge is 0.477 e. The van der Waals surface area contributed by atoms with E-state index in [1.54, 1.807) is 0 Å². The van der Waals surface area contributed by atoms with E-state index in [4.69, 9.17) is 9.47 Å². The van der Waals surface area contributed by atoms with E-state index in [2.05, 4.69) is 10.1 Å². The van der Waals surface area contributed by atoms with Gasteiger partial charge in [0.1, 0.15) is 22.6 Å². The van der Waals surface area contributed by atoms with Crippen molar-refractivity contribution in [2.24, 2.45) is 0 Å². The molecule has 0 aliphatic carbocycles. The van der Waals surface area contributed by atoms with Crippen molar-refractivity contribution in [3.63, 3.8) is 0 Å². The van der Waals surface area contributed by atoms with Crippen LogP contribution < -0.4 is 14.8 Å². The molecule has 13 heteroatoms. The van der Waals surface area contributed by atoms with Crippen molar-refractivity contribution in [1.82, 2.24) is 10.2 Å². The van der Waals surface area contributed by atoms with Crippen LogP contribution in [0.2, 0.25) is 0 Å². The van der Waals surface area contributed by atoms with Gasteiger partial charge in [-0.15, -0.1) is 11.8 Å². The van der Waals surface area contributed by atoms with E-state index < -0.39 is 34.6 Å². The second kappa shape index (κ2) is 9.30. The molecule has 2 heterocycles. The van der Waals surface area contributed by atoms with Gasteiger partial charge in [0, 0.05) is 11.6 Å². The number of amides is 2. The summed E-state index contributed by atoms with van der Waals surface area (Å²) in [5.74, 6) is -2.50. The Morgan fingerprint density at radius 3 is 2.55 bits per heavy atom. The number of hydrogen-bond acceptors (Lipinski definition) is 10. The summed E-state index contributed by atoms with van der Waals surface area (Å²) < 4.78 is 14.2. The van der Waals surface area contributed by atoms with Gasteiger partial charge < -0.3 is 24.6 Å². The van der Waals surface area contributed by atoms with Crippen LogP contribution in [0.15, 0.2) is 30.0 Å². The zero-order valence-electron chi connectivity index (χ0n) is 15.5. The van der Waals surface area contributed by atoms with E-state index in [0.29, 0.717) is 5.56 Å². The van der Waals surface area contributed by atoms with Gasteiger partial charge in [0.05, 0.1) is 11.8 Å². The average Bonchev–Trinajstić information content (AvgIpc) is 2.73. The molecule has 1 fully saturated rings. The number of benzene rings is 1. The molecule has 0 bridgehead atoms. The van der Waals surface area contributed by atoms with Gasteiger partial charge in [0.2, 0.25) is 12.0 Å². The van der Waals surface area contributed by atoms with Crippen LogP contribution >= 0.6 is 11.8 Å². The molecule has 0 aromatic heterocycles. The number of aliphatic carboxylic acids is 1. The van der Waals surface area contributed by atoms with E-state index in [9.17, 15) is 33.9 Å². The third kappa shape index (κ3) is 4.50. The third-order valence-electron chi connectivity index (χ3n) is 4.32. The first-order chi connectivity index (χ1) is 14.9. The average molecular weight is 450 g/mol. The van der Waals surface area contributed by atoms with Gasteiger partial charge in [-0.05, 0) is 12.1 Å². The van der Waals surface area contributed by atoms with Gasteiger partial charge in [-0.1, -0.05) is 6.07 Å². The molecule has 2 unspecified atom stereocenters. The first-order valence-corrected chi connectivity index (χ1v) is 9.49. The van der Waals surface area contributed by atoms with Crippen LogP contribution in [0.3, 0.4) is 0 Å². The number of thioether (sulfide) groups is 1. The number of hydrogen-bond donors (Lipinski definition) is 2. The first-order valence-electron chi connectivity index (χ1n) is 8.55. The Kier molecular flexibility index (Phi) is 6.55. The topological polar surface area (TPSA) is 166 Å². The Hall–Kier alpha value is -3.87. The van der Waals surface area contributed by atoms with Crippen molar-refractivity contribution in [1.29, 1.82) is 0 Å². The molecule has 12 nitrogen and oxygen atoms in total. The summed E-state index contributed by atoms with van der Waals surface area (Å²) in [6, 6.07) is 4.07. The second-order valence-electron chi connectivity index (χ2n) is 6.11. The lowest BCUT2D eigenvalue weighted by Gasteiger charge is -2.48. The molecule has 3 rings (SSSR count). The number of nitrogens with one attached hydrogen (secondary N) is 1. The maximum absolute atomic E-state index is 12.5. The third-order valence-corrected chi connectivity index (χ3v) is 5.61. The van der Waals surface area contributed by atoms with Crippen LogP contribution in [0.4, 0.5) is 0 Å². The SMILES string of the molecule is O=COc1ccc(CC(=O)NC2C=C(C(=O)O)N3C(=O)C(OC=O)[C@H]3S2)c(OC=O)c1. The van der Waals surface area contributed by atoms with Crippen LogP contribution in [-0.2, 0) is 39.9 Å². The summed E-state index contributed by atoms with van der Waals surface area (Å²) in [5.41, 5.74) is -0.0427. The fraction of sp³-hybridized carbons (Fsp3) is 0.222. The minimum absolute atomic E-state index is 0.00206. The van der Waals surface area contributed by atoms with E-state index >= 15 is 0 Å². The van der Waals surface area contributed by atoms with E-state index in [-0.39, 0.29) is 43.0 Å². The van der Waals surface area contributed by atoms with Crippen LogP contribution in [0.5, 0.6) is 11.5 Å². The summed E-state index contributed by atoms with van der Waals surface area (Å²) in [7, 11) is 0. The predicted octanol–water partition coefficient (Wildman–Crippen LogP) is -0.833. The number of carbonyl (C=O) groups excluding carboxylic acids is 5. The molecule has 1 aromatic rings. The lowest BCUT2D eigenvalue weighted by Crippen LogP contribution is -2.66. The Labute approximate surface area is 178 Å². The highest BCUT2D eigenvalue weighted by Gasteiger charge is 2.55. The molecular weight excluding hydrogens is 436 g/mol. The number of carboxylic acid groups (broad SMARTS) is 1. The molecule has 1 aromatic carbocycles. The highest BCUT2D eigenvalue weighted by molar-refractivity contribution is 8.00. The summed E-state index contributed by atoms with van der Waals surface area (Å²) in [4.78, 5) is 68.7. The zero-order chi connectivity index (χ0) is 22.5. The number of nitrogens with zero attached hydrogens (tertiary/aromatic N) is 1. The van der Waals surface area contributed by atoms with Crippen molar-refractivity contribution < 1.29 is 48.1 Å². The molecule has 0 saturated carbocycles. The molecule has 0 spiro atoms. The Bertz CT molecular complexity index is 978. The normalized spacial score (nSPS) is 21.5. The van der Waals surface area contributed by atoms with Crippen molar-refractivity contribution in [3.05, 3.63) is 35.5 Å². The van der Waals surface area contributed by atoms with Crippen LogP contribution in [0, 0.1) is 0 Å². The van der Waals surface area contributed by atoms with Crippen LogP contribution in [-0.4, -0.2) is 64.1 Å². The molecular formula is C18H14N2O10S. The maximum Gasteiger partial charge on any atom is 0.352 e. The van der Waals surface area contributed by atoms with Gasteiger partial charge in [-0.3, -0.25) is 28.9 Å². The second-order valence-corrected chi connectivity index (χ2v) is 7.37. The molecule has 162 valence electrons. The minimum Gasteiger partial charge on any atom is -0.477 e. The monoisotopic (exact) mass is 450 g/mol. The van der Waals surface area contributed by atoms with Gasteiger partial charge in [0.15, 0.2) is 0 Å². The molecule has 2 aliphatic heterocycles. The molecule has 31 heavy (non-hydrogen) atoms. The molecule has 2 N–H and O–H groups in total. The van der Waals surface area contributed by atoms with Crippen molar-refractivity contribution in [2.45, 2.75) is 23.3 Å². The first kappa shape index (κ1) is 21.8. The minimum atomic E-state index is -1.38. The number of carbonyl (C=O) groups is 6. The van der Waals surface area contributed by atoms with Crippen molar-refractivity contribution in [3.8, 4) is 11.5 Å². The molecule has 3 atom stereocenters. The Morgan fingerprint density at radius 1 is 1.16 bits per heavy atom. The summed E-state index contributed by atoms with van der Waals surface area (Å²) in [6.45, 7) is 0.435. The molecule has 2 amide bonds. The van der Waals surface area contributed by atoms with E-state index in [1.807, 2.05) is 0 Å². The number of fused-ring (bicyclic) bond motifs is 1. The quantitative estimate of drug-likeness (QED) is 0.337. The highest BCUT2D eigenvalue weighted by atomic mass is 32.2. The predicted molar refractivity (Wildman–Crippen MR) is 100 cm³/mol. The van der Waals surface area contributed by atoms with Crippen LogP contribution in [0.25, 0.3) is 0 Å². The standard InChI is InChI=1S/C18H14N2O10S/c21-6-28-10-2-1-9(12(4-10)29-7-22)3-13(24)19-14-5-11(18(26)27)20-16(25)15(30-8-23)17(20)31-14/h1-2,4-8,14-15,17H,3H2,(H,19,24)(H,26,27)/t14?,15?,17-/m1/s1. The van der Waals surface area contributed by atoms with Crippen molar-refractivity contribution >= 4 is 49.0 Å². The van der Waals surface area contributed by atoms with Gasteiger partial charge in [-0.25, -0.2) is 4.79 Å². The lowest BCUT2D eigenvalue weighted by molar-refractivity contribution is -0.168. The van der Waals surface area contributed by atoms with E-state index in [1.165, 1.54) is 24.3 Å². The van der Waals surface area contributed by atoms with Gasteiger partial charge >= 0.3 is 5.97 Å².